The van der Waals surface area contributed by atoms with Crippen LogP contribution in [0.4, 0.5) is 4.39 Å². The number of hydrogen-bond donors (Lipinski definition) is 2. The fourth-order valence-corrected chi connectivity index (χ4v) is 2.80. The number of benzene rings is 2. The summed E-state index contributed by atoms with van der Waals surface area (Å²) in [7, 11) is 1.50. The highest BCUT2D eigenvalue weighted by molar-refractivity contribution is 5.95. The van der Waals surface area contributed by atoms with Crippen LogP contribution in [0.2, 0.25) is 0 Å². The summed E-state index contributed by atoms with van der Waals surface area (Å²) < 4.78 is 19.0. The van der Waals surface area contributed by atoms with Crippen LogP contribution in [0.5, 0.6) is 5.75 Å². The van der Waals surface area contributed by atoms with E-state index in [1.165, 1.54) is 25.3 Å². The molecule has 0 amide bonds. The number of H-pyrrole nitrogens is 1. The zero-order chi connectivity index (χ0) is 16.6. The van der Waals surface area contributed by atoms with Gasteiger partial charge in [-0.05, 0) is 42.8 Å². The van der Waals surface area contributed by atoms with Gasteiger partial charge < -0.3 is 14.8 Å². The molecule has 5 heteroatoms. The van der Waals surface area contributed by atoms with Crippen molar-refractivity contribution in [1.82, 2.24) is 4.98 Å². The number of halogens is 1. The fourth-order valence-electron chi connectivity index (χ4n) is 2.80. The molecule has 4 nitrogen and oxygen atoms in total. The first kappa shape index (κ1) is 15.1. The van der Waals surface area contributed by atoms with Gasteiger partial charge in [0.05, 0.1) is 19.2 Å². The molecule has 0 bridgehead atoms. The number of carboxylic acids is 1. The average Bonchev–Trinajstić information content (AvgIpc) is 2.84. The summed E-state index contributed by atoms with van der Waals surface area (Å²) in [5.74, 6) is -0.859. The van der Waals surface area contributed by atoms with E-state index in [-0.39, 0.29) is 6.42 Å². The molecule has 2 aromatic carbocycles. The van der Waals surface area contributed by atoms with E-state index < -0.39 is 11.8 Å². The van der Waals surface area contributed by atoms with Crippen molar-refractivity contribution in [2.24, 2.45) is 0 Å². The Morgan fingerprint density at radius 2 is 2.04 bits per heavy atom. The molecule has 1 heterocycles. The van der Waals surface area contributed by atoms with E-state index in [1.807, 2.05) is 25.1 Å². The number of nitrogens with one attached hydrogen (secondary N) is 1. The third kappa shape index (κ3) is 2.77. The second kappa shape index (κ2) is 5.76. The largest absolute Gasteiger partial charge is 0.496 e. The van der Waals surface area contributed by atoms with Crippen molar-refractivity contribution in [2.45, 2.75) is 13.3 Å². The van der Waals surface area contributed by atoms with Gasteiger partial charge in [-0.25, -0.2) is 4.39 Å². The average molecular weight is 313 g/mol. The maximum Gasteiger partial charge on any atom is 0.307 e. The molecule has 0 saturated heterocycles. The molecule has 23 heavy (non-hydrogen) atoms. The normalized spacial score (nSPS) is 10.9. The molecule has 0 fully saturated rings. The van der Waals surface area contributed by atoms with Crippen molar-refractivity contribution in [3.63, 3.8) is 0 Å². The lowest BCUT2D eigenvalue weighted by atomic mass is 10.0. The van der Waals surface area contributed by atoms with E-state index in [0.717, 1.165) is 16.5 Å². The second-order valence-corrected chi connectivity index (χ2v) is 5.44. The molecule has 3 aromatic rings. The summed E-state index contributed by atoms with van der Waals surface area (Å²) in [6.07, 6.45) is -0.154. The van der Waals surface area contributed by atoms with Crippen LogP contribution < -0.4 is 4.74 Å². The third-order valence-corrected chi connectivity index (χ3v) is 3.82. The summed E-state index contributed by atoms with van der Waals surface area (Å²) in [5, 5.41) is 10.1. The number of ether oxygens (including phenoxy) is 1. The minimum absolute atomic E-state index is 0.154. The number of aliphatic carboxylic acids is 1. The third-order valence-electron chi connectivity index (χ3n) is 3.82. The van der Waals surface area contributed by atoms with Gasteiger partial charge in [0.15, 0.2) is 0 Å². The van der Waals surface area contributed by atoms with Crippen molar-refractivity contribution >= 4 is 16.9 Å². The Morgan fingerprint density at radius 3 is 2.74 bits per heavy atom. The minimum atomic E-state index is -0.941. The number of carboxylic acid groups (broad SMARTS) is 1. The Morgan fingerprint density at radius 1 is 1.26 bits per heavy atom. The highest BCUT2D eigenvalue weighted by Gasteiger charge is 2.19. The van der Waals surface area contributed by atoms with Gasteiger partial charge in [0.1, 0.15) is 11.6 Å². The van der Waals surface area contributed by atoms with Gasteiger partial charge in [-0.2, -0.15) is 0 Å². The molecule has 0 aliphatic rings. The molecule has 0 spiro atoms. The van der Waals surface area contributed by atoms with E-state index in [9.17, 15) is 14.3 Å². The monoisotopic (exact) mass is 313 g/mol. The maximum atomic E-state index is 13.7. The molecular formula is C18H16FNO3. The first-order chi connectivity index (χ1) is 11.0. The number of methoxy groups -OCH3 is 1. The molecule has 0 saturated carbocycles. The molecule has 1 aromatic heterocycles. The number of carbonyl (C=O) groups is 1. The van der Waals surface area contributed by atoms with Gasteiger partial charge >= 0.3 is 5.97 Å². The number of fused-ring (bicyclic) bond motifs is 1. The summed E-state index contributed by atoms with van der Waals surface area (Å²) in [6.45, 7) is 1.94. The van der Waals surface area contributed by atoms with Crippen LogP contribution in [0.15, 0.2) is 36.4 Å². The smallest absolute Gasteiger partial charge is 0.307 e. The summed E-state index contributed by atoms with van der Waals surface area (Å²) in [4.78, 5) is 14.5. The predicted octanol–water partition coefficient (Wildman–Crippen LogP) is 3.92. The zero-order valence-corrected chi connectivity index (χ0v) is 12.8. The zero-order valence-electron chi connectivity index (χ0n) is 12.8. The lowest BCUT2D eigenvalue weighted by Gasteiger charge is -2.09. The van der Waals surface area contributed by atoms with Crippen LogP contribution in [0.1, 0.15) is 11.1 Å². The van der Waals surface area contributed by atoms with E-state index in [0.29, 0.717) is 22.6 Å². The highest BCUT2D eigenvalue weighted by Crippen LogP contribution is 2.36. The van der Waals surface area contributed by atoms with Gasteiger partial charge in [-0.15, -0.1) is 0 Å². The highest BCUT2D eigenvalue weighted by atomic mass is 19.1. The molecule has 2 N–H and O–H groups in total. The first-order valence-corrected chi connectivity index (χ1v) is 7.16. The van der Waals surface area contributed by atoms with Crippen molar-refractivity contribution < 1.29 is 19.0 Å². The number of aryl methyl sites for hydroxylation is 1. The number of aromatic amines is 1. The second-order valence-electron chi connectivity index (χ2n) is 5.44. The topological polar surface area (TPSA) is 62.3 Å². The van der Waals surface area contributed by atoms with Crippen LogP contribution >= 0.6 is 0 Å². The molecule has 0 radical (unpaired) electrons. The minimum Gasteiger partial charge on any atom is -0.496 e. The SMILES string of the molecule is COc1ccc(F)cc1-c1[nH]c2ccc(C)cc2c1CC(=O)O. The molecule has 0 aliphatic carbocycles. The number of aromatic nitrogens is 1. The standard InChI is InChI=1S/C18H16FNO3/c1-10-3-5-15-12(7-10)13(9-17(21)22)18(20-15)14-8-11(19)4-6-16(14)23-2/h3-8,20H,9H2,1-2H3,(H,21,22). The van der Waals surface area contributed by atoms with Crippen LogP contribution in [0.25, 0.3) is 22.2 Å². The van der Waals surface area contributed by atoms with Gasteiger partial charge in [0, 0.05) is 16.5 Å². The van der Waals surface area contributed by atoms with Gasteiger partial charge in [-0.1, -0.05) is 11.6 Å². The van der Waals surface area contributed by atoms with Crippen LogP contribution in [-0.2, 0) is 11.2 Å². The van der Waals surface area contributed by atoms with Crippen molar-refractivity contribution in [3.05, 3.63) is 53.3 Å². The van der Waals surface area contributed by atoms with Crippen LogP contribution in [-0.4, -0.2) is 23.2 Å². The molecule has 0 unspecified atom stereocenters. The molecule has 3 rings (SSSR count). The first-order valence-electron chi connectivity index (χ1n) is 7.16. The van der Waals surface area contributed by atoms with Crippen LogP contribution in [0.3, 0.4) is 0 Å². The van der Waals surface area contributed by atoms with E-state index in [1.54, 1.807) is 0 Å². The van der Waals surface area contributed by atoms with Gasteiger partial charge in [0.2, 0.25) is 0 Å². The summed E-state index contributed by atoms with van der Waals surface area (Å²) in [5.41, 5.74) is 3.55. The van der Waals surface area contributed by atoms with Crippen molar-refractivity contribution in [3.8, 4) is 17.0 Å². The Kier molecular flexibility index (Phi) is 3.78. The van der Waals surface area contributed by atoms with E-state index in [4.69, 9.17) is 4.74 Å². The Labute approximate surface area is 132 Å². The lowest BCUT2D eigenvalue weighted by Crippen LogP contribution is -2.01. The van der Waals surface area contributed by atoms with Gasteiger partial charge in [-0.3, -0.25) is 4.79 Å². The fraction of sp³-hybridized carbons (Fsp3) is 0.167. The Bertz CT molecular complexity index is 899. The number of rotatable bonds is 4. The Balaban J connectivity index is 2.32. The Hall–Kier alpha value is -2.82. The van der Waals surface area contributed by atoms with Crippen molar-refractivity contribution in [2.75, 3.05) is 7.11 Å². The molecule has 0 aliphatic heterocycles. The molecular weight excluding hydrogens is 297 g/mol. The maximum absolute atomic E-state index is 13.7. The van der Waals surface area contributed by atoms with E-state index >= 15 is 0 Å². The molecule has 0 atom stereocenters. The van der Waals surface area contributed by atoms with Crippen molar-refractivity contribution in [1.29, 1.82) is 0 Å². The predicted molar refractivity (Wildman–Crippen MR) is 86.3 cm³/mol. The summed E-state index contributed by atoms with van der Waals surface area (Å²) >= 11 is 0. The molecule has 118 valence electrons. The number of hydrogen-bond acceptors (Lipinski definition) is 2. The summed E-state index contributed by atoms with van der Waals surface area (Å²) in [6, 6.07) is 9.96. The lowest BCUT2D eigenvalue weighted by molar-refractivity contribution is -0.136. The van der Waals surface area contributed by atoms with Gasteiger partial charge in [0.25, 0.3) is 0 Å². The van der Waals surface area contributed by atoms with Crippen LogP contribution in [0, 0.1) is 12.7 Å². The van der Waals surface area contributed by atoms with E-state index in [2.05, 4.69) is 4.98 Å². The quantitative estimate of drug-likeness (QED) is 0.767.